The Bertz CT molecular complexity index is 259. The van der Waals surface area contributed by atoms with E-state index >= 15 is 0 Å². The van der Waals surface area contributed by atoms with Crippen LogP contribution in [-0.2, 0) is 0 Å². The van der Waals surface area contributed by atoms with Gasteiger partial charge in [0.2, 0.25) is 6.19 Å². The fourth-order valence-corrected chi connectivity index (χ4v) is 3.20. The molecule has 1 saturated heterocycles. The Labute approximate surface area is 93.9 Å². The Hall–Kier alpha value is -0.340. The molecule has 2 atom stereocenters. The molecule has 1 fully saturated rings. The van der Waals surface area contributed by atoms with Crippen molar-refractivity contribution in [3.8, 4) is 6.19 Å². The molecule has 0 aliphatic carbocycles. The van der Waals surface area contributed by atoms with Gasteiger partial charge in [-0.05, 0) is 13.2 Å². The maximum Gasteiger partial charge on any atom is 0.208 e. The first-order valence-corrected chi connectivity index (χ1v) is 6.87. The average molecular weight is 229 g/mol. The molecule has 0 aromatic carbocycles. The highest BCUT2D eigenvalue weighted by Gasteiger charge is 2.27. The van der Waals surface area contributed by atoms with E-state index in [0.717, 1.165) is 17.5 Å². The van der Waals surface area contributed by atoms with Crippen molar-refractivity contribution >= 4 is 28.7 Å². The van der Waals surface area contributed by atoms with Gasteiger partial charge >= 0.3 is 0 Å². The molecule has 0 amide bonds. The van der Waals surface area contributed by atoms with Crippen molar-refractivity contribution in [1.29, 1.82) is 5.26 Å². The van der Waals surface area contributed by atoms with Crippen LogP contribution in [0, 0.1) is 11.5 Å². The zero-order valence-corrected chi connectivity index (χ0v) is 10.4. The summed E-state index contributed by atoms with van der Waals surface area (Å²) in [6.45, 7) is 5.42. The Balaban J connectivity index is 2.75. The summed E-state index contributed by atoms with van der Waals surface area (Å²) in [7, 11) is 0. The number of hydrogen-bond donors (Lipinski definition) is 0. The van der Waals surface area contributed by atoms with Crippen molar-refractivity contribution in [2.24, 2.45) is 4.99 Å². The van der Waals surface area contributed by atoms with Gasteiger partial charge in [0.05, 0.1) is 0 Å². The molecule has 5 heteroatoms. The molecule has 1 aliphatic rings. The maximum atomic E-state index is 8.57. The van der Waals surface area contributed by atoms with E-state index in [9.17, 15) is 0 Å². The van der Waals surface area contributed by atoms with Crippen LogP contribution in [0.2, 0.25) is 0 Å². The van der Waals surface area contributed by atoms with Gasteiger partial charge < -0.3 is 4.90 Å². The largest absolute Gasteiger partial charge is 0.346 e. The molecule has 2 unspecified atom stereocenters. The zero-order chi connectivity index (χ0) is 10.6. The minimum absolute atomic E-state index is 0.466. The summed E-state index contributed by atoms with van der Waals surface area (Å²) in [5.41, 5.74) is 0. The van der Waals surface area contributed by atoms with Crippen molar-refractivity contribution in [3.63, 3.8) is 0 Å². The summed E-state index contributed by atoms with van der Waals surface area (Å²) in [4.78, 5) is 6.08. The molecule has 1 heterocycles. The summed E-state index contributed by atoms with van der Waals surface area (Å²) in [6.07, 6.45) is 3.84. The SMILES string of the molecule is CSC(=NC#N)N1CCSC(C)C1C. The van der Waals surface area contributed by atoms with Gasteiger partial charge in [-0.25, -0.2) is 0 Å². The fraction of sp³-hybridized carbons (Fsp3) is 0.778. The van der Waals surface area contributed by atoms with Crippen LogP contribution in [0.1, 0.15) is 13.8 Å². The summed E-state index contributed by atoms with van der Waals surface area (Å²) in [5, 5.41) is 10.0. The molecule has 78 valence electrons. The summed E-state index contributed by atoms with van der Waals surface area (Å²) in [6, 6.07) is 0.466. The van der Waals surface area contributed by atoms with Gasteiger partial charge in [0.15, 0.2) is 5.17 Å². The predicted octanol–water partition coefficient (Wildman–Crippen LogP) is 2.01. The number of rotatable bonds is 0. The van der Waals surface area contributed by atoms with Crippen molar-refractivity contribution in [2.45, 2.75) is 25.1 Å². The monoisotopic (exact) mass is 229 g/mol. The van der Waals surface area contributed by atoms with Crippen molar-refractivity contribution in [1.82, 2.24) is 4.90 Å². The van der Waals surface area contributed by atoms with E-state index in [1.165, 1.54) is 0 Å². The first kappa shape index (κ1) is 11.7. The smallest absolute Gasteiger partial charge is 0.208 e. The molecule has 1 aliphatic heterocycles. The average Bonchev–Trinajstić information content (AvgIpc) is 2.19. The quantitative estimate of drug-likeness (QED) is 0.362. The highest BCUT2D eigenvalue weighted by Crippen LogP contribution is 2.26. The second-order valence-corrected chi connectivity index (χ2v) is 5.47. The topological polar surface area (TPSA) is 39.4 Å². The Morgan fingerprint density at radius 2 is 2.36 bits per heavy atom. The molecule has 3 nitrogen and oxygen atoms in total. The molecule has 0 saturated carbocycles. The molecule has 0 radical (unpaired) electrons. The lowest BCUT2D eigenvalue weighted by molar-refractivity contribution is 0.341. The molecule has 0 bridgehead atoms. The molecule has 14 heavy (non-hydrogen) atoms. The van der Waals surface area contributed by atoms with Crippen LogP contribution < -0.4 is 0 Å². The second kappa shape index (κ2) is 5.52. The van der Waals surface area contributed by atoms with Crippen LogP contribution >= 0.6 is 23.5 Å². The lowest BCUT2D eigenvalue weighted by Crippen LogP contribution is -2.46. The first-order valence-electron chi connectivity index (χ1n) is 4.59. The molecule has 0 aromatic heterocycles. The Morgan fingerprint density at radius 3 is 2.93 bits per heavy atom. The van der Waals surface area contributed by atoms with E-state index in [1.807, 2.05) is 24.2 Å². The molecular formula is C9H15N3S2. The standard InChI is InChI=1S/C9H15N3S2/c1-7-8(2)14-5-4-12(7)9(13-3)11-6-10/h7-8H,4-5H2,1-3H3. The number of hydrogen-bond acceptors (Lipinski definition) is 4. The molecule has 0 aromatic rings. The van der Waals surface area contributed by atoms with Crippen molar-refractivity contribution in [2.75, 3.05) is 18.6 Å². The second-order valence-electron chi connectivity index (χ2n) is 3.21. The van der Waals surface area contributed by atoms with Gasteiger partial charge in [0, 0.05) is 23.6 Å². The van der Waals surface area contributed by atoms with Crippen LogP contribution in [0.15, 0.2) is 4.99 Å². The Morgan fingerprint density at radius 1 is 1.64 bits per heavy atom. The maximum absolute atomic E-state index is 8.57. The first-order chi connectivity index (χ1) is 6.70. The van der Waals surface area contributed by atoms with Gasteiger partial charge in [0.1, 0.15) is 0 Å². The van der Waals surface area contributed by atoms with E-state index in [1.54, 1.807) is 11.8 Å². The number of thioether (sulfide) groups is 2. The number of aliphatic imine (C=N–C) groups is 1. The van der Waals surface area contributed by atoms with Crippen LogP contribution in [-0.4, -0.2) is 39.9 Å². The molecule has 0 N–H and O–H groups in total. The van der Waals surface area contributed by atoms with Gasteiger partial charge in [-0.15, -0.1) is 4.99 Å². The lowest BCUT2D eigenvalue weighted by Gasteiger charge is -2.38. The third-order valence-electron chi connectivity index (χ3n) is 2.46. The van der Waals surface area contributed by atoms with Crippen LogP contribution in [0.4, 0.5) is 0 Å². The van der Waals surface area contributed by atoms with Crippen LogP contribution in [0.25, 0.3) is 0 Å². The molecule has 0 spiro atoms. The summed E-state index contributed by atoms with van der Waals surface area (Å²) in [5.74, 6) is 1.12. The van der Waals surface area contributed by atoms with Crippen LogP contribution in [0.3, 0.4) is 0 Å². The zero-order valence-electron chi connectivity index (χ0n) is 8.73. The minimum Gasteiger partial charge on any atom is -0.346 e. The van der Waals surface area contributed by atoms with Crippen molar-refractivity contribution in [3.05, 3.63) is 0 Å². The summed E-state index contributed by atoms with van der Waals surface area (Å²) < 4.78 is 0. The fourth-order valence-electron chi connectivity index (χ4n) is 1.47. The van der Waals surface area contributed by atoms with E-state index in [2.05, 4.69) is 23.7 Å². The number of nitrogens with zero attached hydrogens (tertiary/aromatic N) is 3. The normalized spacial score (nSPS) is 28.7. The minimum atomic E-state index is 0.466. The van der Waals surface area contributed by atoms with E-state index < -0.39 is 0 Å². The van der Waals surface area contributed by atoms with Gasteiger partial charge in [-0.3, -0.25) is 0 Å². The van der Waals surface area contributed by atoms with Gasteiger partial charge in [-0.1, -0.05) is 18.7 Å². The third-order valence-corrected chi connectivity index (χ3v) is 4.49. The van der Waals surface area contributed by atoms with E-state index in [4.69, 9.17) is 5.26 Å². The number of nitriles is 1. The third kappa shape index (κ3) is 2.58. The highest BCUT2D eigenvalue weighted by molar-refractivity contribution is 8.13. The Kier molecular flexibility index (Phi) is 4.63. The van der Waals surface area contributed by atoms with E-state index in [-0.39, 0.29) is 0 Å². The molecular weight excluding hydrogens is 214 g/mol. The molecule has 1 rings (SSSR count). The predicted molar refractivity (Wildman–Crippen MR) is 64.7 cm³/mol. The van der Waals surface area contributed by atoms with Gasteiger partial charge in [0.25, 0.3) is 0 Å². The summed E-state index contributed by atoms with van der Waals surface area (Å²) >= 11 is 3.54. The van der Waals surface area contributed by atoms with Gasteiger partial charge in [-0.2, -0.15) is 17.0 Å². The lowest BCUT2D eigenvalue weighted by atomic mass is 10.2. The van der Waals surface area contributed by atoms with E-state index in [0.29, 0.717) is 11.3 Å². The number of amidine groups is 1. The highest BCUT2D eigenvalue weighted by atomic mass is 32.2. The van der Waals surface area contributed by atoms with Crippen LogP contribution in [0.5, 0.6) is 0 Å². The van der Waals surface area contributed by atoms with Crippen molar-refractivity contribution < 1.29 is 0 Å².